The van der Waals surface area contributed by atoms with Crippen LogP contribution in [0.4, 0.5) is 13.2 Å². The van der Waals surface area contributed by atoms with Gasteiger partial charge in [-0.2, -0.15) is 0 Å². The molecule has 1 aromatic carbocycles. The largest absolute Gasteiger partial charge is 0.573 e. The highest BCUT2D eigenvalue weighted by molar-refractivity contribution is 5.37. The van der Waals surface area contributed by atoms with Gasteiger partial charge in [-0.15, -0.1) is 13.2 Å². The van der Waals surface area contributed by atoms with Crippen LogP contribution in [0.25, 0.3) is 0 Å². The summed E-state index contributed by atoms with van der Waals surface area (Å²) in [6.07, 6.45) is -1.06. The van der Waals surface area contributed by atoms with E-state index in [0.29, 0.717) is 17.5 Å². The molecular formula is C17H17F3N2O2. The Kier molecular flexibility index (Phi) is 4.89. The van der Waals surface area contributed by atoms with E-state index in [1.165, 1.54) is 24.3 Å². The number of ether oxygens (including phenoxy) is 2. The minimum Gasteiger partial charge on any atom is -0.439 e. The van der Waals surface area contributed by atoms with Crippen molar-refractivity contribution >= 4 is 0 Å². The average Bonchev–Trinajstić information content (AvgIpc) is 2.57. The highest BCUT2D eigenvalue weighted by Gasteiger charge is 2.31. The third-order valence-electron chi connectivity index (χ3n) is 3.85. The van der Waals surface area contributed by atoms with E-state index in [-0.39, 0.29) is 5.75 Å². The summed E-state index contributed by atoms with van der Waals surface area (Å²) in [6.45, 7) is 1.89. The molecule has 0 radical (unpaired) electrons. The van der Waals surface area contributed by atoms with Gasteiger partial charge in [-0.25, -0.2) is 4.98 Å². The van der Waals surface area contributed by atoms with Crippen LogP contribution in [0, 0.1) is 0 Å². The molecule has 0 spiro atoms. The number of hydrogen-bond acceptors (Lipinski definition) is 4. The number of halogens is 3. The molecule has 3 rings (SSSR count). The molecule has 0 atom stereocenters. The van der Waals surface area contributed by atoms with Crippen molar-refractivity contribution < 1.29 is 22.6 Å². The van der Waals surface area contributed by atoms with E-state index in [1.54, 1.807) is 6.20 Å². The summed E-state index contributed by atoms with van der Waals surface area (Å²) in [7, 11) is 0. The second-order valence-electron chi connectivity index (χ2n) is 5.54. The fraction of sp³-hybridized carbons (Fsp3) is 0.353. The van der Waals surface area contributed by atoms with E-state index in [1.807, 2.05) is 12.1 Å². The van der Waals surface area contributed by atoms with Crippen LogP contribution < -0.4 is 14.8 Å². The van der Waals surface area contributed by atoms with Crippen LogP contribution in [0.5, 0.6) is 17.4 Å². The number of nitrogens with zero attached hydrogens (tertiary/aromatic N) is 1. The van der Waals surface area contributed by atoms with Gasteiger partial charge in [0.15, 0.2) is 0 Å². The third-order valence-corrected chi connectivity index (χ3v) is 3.85. The first-order valence-corrected chi connectivity index (χ1v) is 7.70. The molecule has 1 aliphatic heterocycles. The predicted octanol–water partition coefficient (Wildman–Crippen LogP) is 4.24. The fourth-order valence-electron chi connectivity index (χ4n) is 2.75. The van der Waals surface area contributed by atoms with Gasteiger partial charge in [0.05, 0.1) is 0 Å². The van der Waals surface area contributed by atoms with Gasteiger partial charge in [0.2, 0.25) is 5.88 Å². The fourth-order valence-corrected chi connectivity index (χ4v) is 2.75. The number of aromatic nitrogens is 1. The van der Waals surface area contributed by atoms with Crippen LogP contribution in [0.1, 0.15) is 24.3 Å². The molecule has 1 saturated heterocycles. The van der Waals surface area contributed by atoms with Crippen LogP contribution in [-0.2, 0) is 0 Å². The second kappa shape index (κ2) is 7.09. The first kappa shape index (κ1) is 16.6. The first-order valence-electron chi connectivity index (χ1n) is 7.70. The first-order chi connectivity index (χ1) is 11.5. The van der Waals surface area contributed by atoms with E-state index in [2.05, 4.69) is 15.0 Å². The number of hydrogen-bond donors (Lipinski definition) is 1. The van der Waals surface area contributed by atoms with Crippen LogP contribution in [0.2, 0.25) is 0 Å². The Labute approximate surface area is 137 Å². The number of pyridine rings is 1. The smallest absolute Gasteiger partial charge is 0.439 e. The van der Waals surface area contributed by atoms with Gasteiger partial charge in [-0.3, -0.25) is 0 Å². The summed E-state index contributed by atoms with van der Waals surface area (Å²) in [5.41, 5.74) is 1.02. The number of benzene rings is 1. The van der Waals surface area contributed by atoms with Crippen molar-refractivity contribution in [1.29, 1.82) is 0 Å². The molecule has 1 aliphatic rings. The molecule has 0 bridgehead atoms. The lowest BCUT2D eigenvalue weighted by atomic mass is 9.91. The van der Waals surface area contributed by atoms with Crippen LogP contribution >= 0.6 is 0 Å². The predicted molar refractivity (Wildman–Crippen MR) is 82.3 cm³/mol. The third kappa shape index (κ3) is 4.38. The van der Waals surface area contributed by atoms with Crippen LogP contribution in [-0.4, -0.2) is 24.4 Å². The van der Waals surface area contributed by atoms with Crippen molar-refractivity contribution in [2.24, 2.45) is 0 Å². The highest BCUT2D eigenvalue weighted by Crippen LogP contribution is 2.34. The van der Waals surface area contributed by atoms with Crippen LogP contribution in [0.3, 0.4) is 0 Å². The molecule has 0 amide bonds. The van der Waals surface area contributed by atoms with Gasteiger partial charge < -0.3 is 14.8 Å². The average molecular weight is 338 g/mol. The van der Waals surface area contributed by atoms with E-state index in [4.69, 9.17) is 4.74 Å². The maximum Gasteiger partial charge on any atom is 0.573 e. The molecule has 2 aromatic rings. The SMILES string of the molecule is FC(F)(F)Oc1ccc(Oc2ncccc2C2CCNCC2)cc1. The Hall–Kier alpha value is -2.28. The molecule has 0 aliphatic carbocycles. The summed E-state index contributed by atoms with van der Waals surface area (Å²) in [4.78, 5) is 4.28. The Balaban J connectivity index is 1.74. The Morgan fingerprint density at radius 3 is 2.33 bits per heavy atom. The highest BCUT2D eigenvalue weighted by atomic mass is 19.4. The summed E-state index contributed by atoms with van der Waals surface area (Å²) < 4.78 is 46.2. The second-order valence-corrected chi connectivity index (χ2v) is 5.54. The monoisotopic (exact) mass is 338 g/mol. The number of nitrogens with one attached hydrogen (secondary N) is 1. The molecule has 24 heavy (non-hydrogen) atoms. The molecule has 128 valence electrons. The minimum absolute atomic E-state index is 0.283. The van der Waals surface area contributed by atoms with Crippen molar-refractivity contribution in [3.63, 3.8) is 0 Å². The number of piperidine rings is 1. The lowest BCUT2D eigenvalue weighted by Crippen LogP contribution is -2.26. The van der Waals surface area contributed by atoms with Crippen LogP contribution in [0.15, 0.2) is 42.6 Å². The summed E-state index contributed by atoms with van der Waals surface area (Å²) in [5, 5.41) is 3.31. The molecule has 1 N–H and O–H groups in total. The van der Waals surface area contributed by atoms with E-state index >= 15 is 0 Å². The van der Waals surface area contributed by atoms with Gasteiger partial charge in [-0.1, -0.05) is 6.07 Å². The zero-order chi connectivity index (χ0) is 17.0. The maximum atomic E-state index is 12.2. The Bertz CT molecular complexity index is 668. The molecule has 0 saturated carbocycles. The lowest BCUT2D eigenvalue weighted by molar-refractivity contribution is -0.274. The standard InChI is InChI=1S/C17H17F3N2O2/c18-17(19,20)24-14-5-3-13(4-6-14)23-16-15(2-1-9-22-16)12-7-10-21-11-8-12/h1-6,9,12,21H,7-8,10-11H2. The van der Waals surface area contributed by atoms with Crippen molar-refractivity contribution in [3.8, 4) is 17.4 Å². The zero-order valence-corrected chi connectivity index (χ0v) is 12.8. The maximum absolute atomic E-state index is 12.2. The minimum atomic E-state index is -4.70. The van der Waals surface area contributed by atoms with Crippen molar-refractivity contribution in [2.45, 2.75) is 25.1 Å². The molecule has 4 nitrogen and oxygen atoms in total. The summed E-state index contributed by atoms with van der Waals surface area (Å²) in [5.74, 6) is 0.990. The van der Waals surface area contributed by atoms with E-state index in [9.17, 15) is 13.2 Å². The molecule has 2 heterocycles. The van der Waals surface area contributed by atoms with Gasteiger partial charge >= 0.3 is 6.36 Å². The quantitative estimate of drug-likeness (QED) is 0.906. The summed E-state index contributed by atoms with van der Waals surface area (Å²) in [6, 6.07) is 9.15. The Morgan fingerprint density at radius 1 is 1.00 bits per heavy atom. The molecule has 1 aromatic heterocycles. The van der Waals surface area contributed by atoms with Gasteiger partial charge in [-0.05, 0) is 62.2 Å². The van der Waals surface area contributed by atoms with E-state index < -0.39 is 6.36 Å². The normalized spacial score (nSPS) is 16.0. The number of alkyl halides is 3. The van der Waals surface area contributed by atoms with Gasteiger partial charge in [0.25, 0.3) is 0 Å². The molecular weight excluding hydrogens is 321 g/mol. The van der Waals surface area contributed by atoms with Gasteiger partial charge in [0, 0.05) is 11.8 Å². The van der Waals surface area contributed by atoms with Crippen molar-refractivity contribution in [3.05, 3.63) is 48.2 Å². The Morgan fingerprint density at radius 2 is 1.67 bits per heavy atom. The van der Waals surface area contributed by atoms with Crippen molar-refractivity contribution in [2.75, 3.05) is 13.1 Å². The zero-order valence-electron chi connectivity index (χ0n) is 12.8. The molecule has 7 heteroatoms. The topological polar surface area (TPSA) is 43.4 Å². The van der Waals surface area contributed by atoms with E-state index in [0.717, 1.165) is 31.5 Å². The number of rotatable bonds is 4. The summed E-state index contributed by atoms with van der Waals surface area (Å²) >= 11 is 0. The van der Waals surface area contributed by atoms with Gasteiger partial charge in [0.1, 0.15) is 11.5 Å². The van der Waals surface area contributed by atoms with Crippen molar-refractivity contribution in [1.82, 2.24) is 10.3 Å². The molecule has 0 unspecified atom stereocenters. The molecule has 1 fully saturated rings. The lowest BCUT2D eigenvalue weighted by Gasteiger charge is -2.24.